The number of rotatable bonds is 19. The Bertz CT molecular complexity index is 810. The number of carboxylic acids is 1. The molecule has 0 spiro atoms. The molecule has 0 saturated carbocycles. The Morgan fingerprint density at radius 1 is 0.892 bits per heavy atom. The molecule has 0 amide bonds. The van der Waals surface area contributed by atoms with Crippen molar-refractivity contribution in [1.82, 2.24) is 0 Å². The molecule has 0 radical (unpaired) electrons. The summed E-state index contributed by atoms with van der Waals surface area (Å²) in [6, 6.07) is 9.40. The first-order chi connectivity index (χ1) is 17.5. The molecule has 3 N–H and O–H groups in total. The number of esters is 2. The van der Waals surface area contributed by atoms with Gasteiger partial charge in [0.25, 0.3) is 0 Å². The molecule has 0 heterocycles. The van der Waals surface area contributed by atoms with Gasteiger partial charge in [0.15, 0.2) is 0 Å². The lowest BCUT2D eigenvalue weighted by atomic mass is 9.79. The molecule has 4 atom stereocenters. The molecule has 0 aliphatic carbocycles. The van der Waals surface area contributed by atoms with Crippen LogP contribution in [0.25, 0.3) is 0 Å². The molecule has 37 heavy (non-hydrogen) atoms. The molecule has 1 aromatic rings. The van der Waals surface area contributed by atoms with Crippen LogP contribution in [0.15, 0.2) is 30.3 Å². The zero-order valence-corrected chi connectivity index (χ0v) is 23.5. The van der Waals surface area contributed by atoms with Gasteiger partial charge < -0.3 is 20.3 Å². The van der Waals surface area contributed by atoms with Crippen LogP contribution in [0.2, 0.25) is 0 Å². The maximum atomic E-state index is 13.0. The van der Waals surface area contributed by atoms with E-state index < -0.39 is 35.2 Å². The van der Waals surface area contributed by atoms with Crippen molar-refractivity contribution in [2.75, 3.05) is 13.2 Å². The van der Waals surface area contributed by atoms with Gasteiger partial charge >= 0.3 is 17.9 Å². The highest BCUT2D eigenvalue weighted by Crippen LogP contribution is 2.33. The van der Waals surface area contributed by atoms with Crippen LogP contribution in [0.4, 0.5) is 0 Å². The first kappa shape index (κ1) is 32.6. The summed E-state index contributed by atoms with van der Waals surface area (Å²) in [5.74, 6) is -2.94. The minimum atomic E-state index is -0.922. The molecule has 210 valence electrons. The second-order valence-corrected chi connectivity index (χ2v) is 10.8. The van der Waals surface area contributed by atoms with E-state index in [9.17, 15) is 19.5 Å². The van der Waals surface area contributed by atoms with Crippen molar-refractivity contribution < 1.29 is 29.0 Å². The predicted octanol–water partition coefficient (Wildman–Crippen LogP) is 6.10. The number of ether oxygens (including phenoxy) is 2. The van der Waals surface area contributed by atoms with Crippen molar-refractivity contribution in [3.05, 3.63) is 35.9 Å². The van der Waals surface area contributed by atoms with E-state index in [0.717, 1.165) is 37.7 Å². The normalized spacial score (nSPS) is 14.9. The number of carbonyl (C=O) groups is 3. The zero-order valence-electron chi connectivity index (χ0n) is 23.5. The Balaban J connectivity index is 2.99. The first-order valence-corrected chi connectivity index (χ1v) is 13.9. The fraction of sp³-hybridized carbons (Fsp3) is 0.700. The maximum Gasteiger partial charge on any atom is 0.311 e. The second kappa shape index (κ2) is 17.2. The van der Waals surface area contributed by atoms with Gasteiger partial charge in [0, 0.05) is 6.04 Å². The molecular weight excluding hydrogens is 470 g/mol. The molecule has 0 aromatic heterocycles. The highest BCUT2D eigenvalue weighted by molar-refractivity contribution is 5.76. The van der Waals surface area contributed by atoms with Crippen molar-refractivity contribution >= 4 is 17.9 Å². The lowest BCUT2D eigenvalue weighted by Gasteiger charge is -2.29. The van der Waals surface area contributed by atoms with Crippen LogP contribution in [-0.4, -0.2) is 42.3 Å². The van der Waals surface area contributed by atoms with E-state index in [2.05, 4.69) is 0 Å². The lowest BCUT2D eigenvalue weighted by Crippen LogP contribution is -2.38. The number of carboxylic acid groups (broad SMARTS) is 1. The fourth-order valence-electron chi connectivity index (χ4n) is 4.66. The van der Waals surface area contributed by atoms with Gasteiger partial charge in [0.2, 0.25) is 0 Å². The SMILES string of the molecule is CCCCOC(=O)C(CC(N)CC(C)(C)C(=O)OCCCC)CC(CC(CC)c1ccccc1)C(=O)O. The molecule has 1 rings (SSSR count). The number of unbranched alkanes of at least 4 members (excludes halogenated alkanes) is 2. The topological polar surface area (TPSA) is 116 Å². The summed E-state index contributed by atoms with van der Waals surface area (Å²) < 4.78 is 10.9. The number of nitrogens with two attached hydrogens (primary N) is 1. The van der Waals surface area contributed by atoms with Crippen LogP contribution in [0.1, 0.15) is 104 Å². The molecule has 7 nitrogen and oxygen atoms in total. The van der Waals surface area contributed by atoms with Gasteiger partial charge in [-0.05, 0) is 70.3 Å². The number of hydrogen-bond donors (Lipinski definition) is 2. The fourth-order valence-corrected chi connectivity index (χ4v) is 4.66. The van der Waals surface area contributed by atoms with Crippen LogP contribution in [0, 0.1) is 17.3 Å². The van der Waals surface area contributed by atoms with Gasteiger partial charge in [-0.15, -0.1) is 0 Å². The Labute approximate surface area is 223 Å². The number of benzene rings is 1. The Hall–Kier alpha value is -2.41. The summed E-state index contributed by atoms with van der Waals surface area (Å²) in [6.45, 7) is 10.4. The van der Waals surface area contributed by atoms with Crippen molar-refractivity contribution in [2.24, 2.45) is 23.0 Å². The Kier molecular flexibility index (Phi) is 15.1. The second-order valence-electron chi connectivity index (χ2n) is 10.8. The van der Waals surface area contributed by atoms with Crippen LogP contribution in [0.3, 0.4) is 0 Å². The molecule has 0 fully saturated rings. The molecule has 0 aliphatic rings. The highest BCUT2D eigenvalue weighted by atomic mass is 16.5. The van der Waals surface area contributed by atoms with Crippen LogP contribution < -0.4 is 5.73 Å². The van der Waals surface area contributed by atoms with Crippen molar-refractivity contribution in [3.8, 4) is 0 Å². The standard InChI is InChI=1S/C30H49NO6/c1-6-9-16-36-28(34)25(20-26(31)21-30(4,5)29(35)37-17-10-7-2)19-24(27(32)33)18-22(8-3)23-14-12-11-13-15-23/h11-15,22,24-26H,6-10,16-21,31H2,1-5H3,(H,32,33). The summed E-state index contributed by atoms with van der Waals surface area (Å²) in [5, 5.41) is 10.1. The van der Waals surface area contributed by atoms with E-state index >= 15 is 0 Å². The quantitative estimate of drug-likeness (QED) is 0.168. The minimum Gasteiger partial charge on any atom is -0.481 e. The average molecular weight is 520 g/mol. The first-order valence-electron chi connectivity index (χ1n) is 13.9. The smallest absolute Gasteiger partial charge is 0.311 e. The number of carbonyl (C=O) groups excluding carboxylic acids is 2. The van der Waals surface area contributed by atoms with Gasteiger partial charge in [-0.2, -0.15) is 0 Å². The van der Waals surface area contributed by atoms with Gasteiger partial charge in [0.05, 0.1) is 30.5 Å². The minimum absolute atomic E-state index is 0.0737. The largest absolute Gasteiger partial charge is 0.481 e. The monoisotopic (exact) mass is 519 g/mol. The molecule has 1 aromatic carbocycles. The molecule has 0 bridgehead atoms. The molecule has 0 saturated heterocycles. The average Bonchev–Trinajstić information content (AvgIpc) is 2.86. The number of aliphatic carboxylic acids is 1. The van der Waals surface area contributed by atoms with Crippen LogP contribution >= 0.6 is 0 Å². The Morgan fingerprint density at radius 2 is 1.49 bits per heavy atom. The van der Waals surface area contributed by atoms with E-state index in [4.69, 9.17) is 15.2 Å². The summed E-state index contributed by atoms with van der Waals surface area (Å²) in [6.07, 6.45) is 5.33. The van der Waals surface area contributed by atoms with Crippen molar-refractivity contribution in [3.63, 3.8) is 0 Å². The number of hydrogen-bond acceptors (Lipinski definition) is 6. The molecule has 4 unspecified atom stereocenters. The van der Waals surface area contributed by atoms with Crippen molar-refractivity contribution in [1.29, 1.82) is 0 Å². The third kappa shape index (κ3) is 12.1. The molecular formula is C30H49NO6. The third-order valence-corrected chi connectivity index (χ3v) is 6.97. The summed E-state index contributed by atoms with van der Waals surface area (Å²) >= 11 is 0. The summed E-state index contributed by atoms with van der Waals surface area (Å²) in [7, 11) is 0. The van der Waals surface area contributed by atoms with Crippen LogP contribution in [0.5, 0.6) is 0 Å². The predicted molar refractivity (Wildman–Crippen MR) is 146 cm³/mol. The van der Waals surface area contributed by atoms with Gasteiger partial charge in [-0.3, -0.25) is 14.4 Å². The van der Waals surface area contributed by atoms with Crippen LogP contribution in [-0.2, 0) is 23.9 Å². The van der Waals surface area contributed by atoms with E-state index in [1.165, 1.54) is 0 Å². The zero-order chi connectivity index (χ0) is 27.8. The highest BCUT2D eigenvalue weighted by Gasteiger charge is 2.35. The van der Waals surface area contributed by atoms with Crippen molar-refractivity contribution in [2.45, 2.75) is 104 Å². The van der Waals surface area contributed by atoms with Gasteiger partial charge in [-0.1, -0.05) is 63.9 Å². The maximum absolute atomic E-state index is 13.0. The lowest BCUT2D eigenvalue weighted by molar-refractivity contribution is -0.154. The summed E-state index contributed by atoms with van der Waals surface area (Å²) in [5.41, 5.74) is 6.74. The van der Waals surface area contributed by atoms with E-state index in [-0.39, 0.29) is 24.7 Å². The van der Waals surface area contributed by atoms with Gasteiger partial charge in [0.1, 0.15) is 0 Å². The summed E-state index contributed by atoms with van der Waals surface area (Å²) in [4.78, 5) is 37.9. The van der Waals surface area contributed by atoms with E-state index in [1.807, 2.05) is 51.1 Å². The third-order valence-electron chi connectivity index (χ3n) is 6.97. The molecule has 0 aliphatic heterocycles. The Morgan fingerprint density at radius 3 is 2.03 bits per heavy atom. The van der Waals surface area contributed by atoms with E-state index in [1.54, 1.807) is 13.8 Å². The van der Waals surface area contributed by atoms with Gasteiger partial charge in [-0.25, -0.2) is 0 Å². The molecule has 7 heteroatoms. The van der Waals surface area contributed by atoms with E-state index in [0.29, 0.717) is 26.1 Å².